The maximum atomic E-state index is 13.3. The SMILES string of the molecule is Cc1cccc(Cn2c(=O)c(C(=O)Nc3ccccc3)nn(-c3ccc(C)c(C)c3)c2=O)c1. The molecule has 7 nitrogen and oxygen atoms in total. The molecule has 0 radical (unpaired) electrons. The summed E-state index contributed by atoms with van der Waals surface area (Å²) >= 11 is 0. The van der Waals surface area contributed by atoms with Crippen LogP contribution in [0, 0.1) is 20.8 Å². The molecule has 4 aromatic rings. The molecule has 0 saturated heterocycles. The van der Waals surface area contributed by atoms with E-state index < -0.39 is 17.2 Å². The highest BCUT2D eigenvalue weighted by molar-refractivity contribution is 6.02. The predicted octanol–water partition coefficient (Wildman–Crippen LogP) is 3.62. The van der Waals surface area contributed by atoms with Crippen molar-refractivity contribution in [3.63, 3.8) is 0 Å². The van der Waals surface area contributed by atoms with Crippen LogP contribution < -0.4 is 16.6 Å². The number of para-hydroxylation sites is 1. The summed E-state index contributed by atoms with van der Waals surface area (Å²) in [6.45, 7) is 5.85. The molecule has 0 saturated carbocycles. The Morgan fingerprint density at radius 1 is 0.879 bits per heavy atom. The van der Waals surface area contributed by atoms with Crippen molar-refractivity contribution < 1.29 is 4.79 Å². The fraction of sp³-hybridized carbons (Fsp3) is 0.154. The Balaban J connectivity index is 1.88. The van der Waals surface area contributed by atoms with E-state index in [9.17, 15) is 14.4 Å². The van der Waals surface area contributed by atoms with Crippen molar-refractivity contribution in [1.82, 2.24) is 14.3 Å². The number of anilines is 1. The highest BCUT2D eigenvalue weighted by Gasteiger charge is 2.21. The number of nitrogens with one attached hydrogen (secondary N) is 1. The molecule has 0 aliphatic carbocycles. The topological polar surface area (TPSA) is 86.0 Å². The number of benzene rings is 3. The van der Waals surface area contributed by atoms with Gasteiger partial charge in [-0.3, -0.25) is 14.2 Å². The minimum absolute atomic E-state index is 0.0261. The van der Waals surface area contributed by atoms with Gasteiger partial charge in [-0.2, -0.15) is 9.78 Å². The zero-order valence-corrected chi connectivity index (χ0v) is 18.7. The van der Waals surface area contributed by atoms with E-state index in [0.29, 0.717) is 11.4 Å². The lowest BCUT2D eigenvalue weighted by Gasteiger charge is -2.13. The van der Waals surface area contributed by atoms with Gasteiger partial charge in [-0.1, -0.05) is 54.1 Å². The van der Waals surface area contributed by atoms with Gasteiger partial charge in [0.1, 0.15) is 0 Å². The van der Waals surface area contributed by atoms with E-state index in [1.54, 1.807) is 30.3 Å². The van der Waals surface area contributed by atoms with Crippen molar-refractivity contribution in [1.29, 1.82) is 0 Å². The normalized spacial score (nSPS) is 10.8. The van der Waals surface area contributed by atoms with Crippen LogP contribution in [0.25, 0.3) is 5.69 Å². The molecule has 0 spiro atoms. The summed E-state index contributed by atoms with van der Waals surface area (Å²) in [5.74, 6) is -0.679. The first-order valence-electron chi connectivity index (χ1n) is 10.6. The van der Waals surface area contributed by atoms with Crippen LogP contribution in [0.2, 0.25) is 0 Å². The Bertz CT molecular complexity index is 1450. The van der Waals surface area contributed by atoms with Crippen LogP contribution in [-0.2, 0) is 6.54 Å². The van der Waals surface area contributed by atoms with Crippen LogP contribution in [0.3, 0.4) is 0 Å². The fourth-order valence-corrected chi connectivity index (χ4v) is 3.53. The number of nitrogens with zero attached hydrogens (tertiary/aromatic N) is 3. The van der Waals surface area contributed by atoms with Crippen LogP contribution in [0.1, 0.15) is 32.7 Å². The third-order valence-electron chi connectivity index (χ3n) is 5.46. The Kier molecular flexibility index (Phi) is 6.04. The van der Waals surface area contributed by atoms with Gasteiger partial charge in [0.15, 0.2) is 0 Å². The van der Waals surface area contributed by atoms with Gasteiger partial charge in [0, 0.05) is 5.69 Å². The number of hydrogen-bond donors (Lipinski definition) is 1. The molecule has 33 heavy (non-hydrogen) atoms. The van der Waals surface area contributed by atoms with E-state index in [4.69, 9.17) is 0 Å². The van der Waals surface area contributed by atoms with Crippen molar-refractivity contribution in [3.05, 3.63) is 122 Å². The standard InChI is InChI=1S/C26H24N4O3/c1-17-8-7-9-20(14-17)16-29-25(32)23(24(31)27-21-10-5-4-6-11-21)28-30(26(29)33)22-13-12-18(2)19(3)15-22/h4-15H,16H2,1-3H3,(H,27,31). The molecule has 1 aromatic heterocycles. The first-order chi connectivity index (χ1) is 15.8. The number of aryl methyl sites for hydroxylation is 3. The summed E-state index contributed by atoms with van der Waals surface area (Å²) in [4.78, 5) is 39.6. The molecule has 1 amide bonds. The lowest BCUT2D eigenvalue weighted by molar-refractivity contribution is 0.101. The Hall–Kier alpha value is -4.26. The van der Waals surface area contributed by atoms with Gasteiger partial charge in [0.2, 0.25) is 5.69 Å². The van der Waals surface area contributed by atoms with Gasteiger partial charge in [-0.25, -0.2) is 4.79 Å². The Morgan fingerprint density at radius 2 is 1.64 bits per heavy atom. The summed E-state index contributed by atoms with van der Waals surface area (Å²) < 4.78 is 2.17. The number of amides is 1. The molecule has 3 aromatic carbocycles. The fourth-order valence-electron chi connectivity index (χ4n) is 3.53. The lowest BCUT2D eigenvalue weighted by Crippen LogP contribution is -2.45. The smallest absolute Gasteiger partial charge is 0.320 e. The molecular formula is C26H24N4O3. The van der Waals surface area contributed by atoms with Gasteiger partial charge >= 0.3 is 5.69 Å². The van der Waals surface area contributed by atoms with E-state index >= 15 is 0 Å². The summed E-state index contributed by atoms with van der Waals surface area (Å²) in [7, 11) is 0. The van der Waals surface area contributed by atoms with Crippen molar-refractivity contribution >= 4 is 11.6 Å². The van der Waals surface area contributed by atoms with Crippen molar-refractivity contribution in [3.8, 4) is 5.69 Å². The summed E-state index contributed by atoms with van der Waals surface area (Å²) in [6.07, 6.45) is 0. The second-order valence-electron chi connectivity index (χ2n) is 8.01. The predicted molar refractivity (Wildman–Crippen MR) is 128 cm³/mol. The molecular weight excluding hydrogens is 416 g/mol. The second kappa shape index (κ2) is 9.08. The third-order valence-corrected chi connectivity index (χ3v) is 5.46. The maximum absolute atomic E-state index is 13.3. The largest absolute Gasteiger partial charge is 0.352 e. The molecule has 0 aliphatic rings. The van der Waals surface area contributed by atoms with Gasteiger partial charge in [-0.05, 0) is 61.7 Å². The molecule has 166 valence electrons. The molecule has 1 N–H and O–H groups in total. The molecule has 0 aliphatic heterocycles. The zero-order valence-electron chi connectivity index (χ0n) is 18.7. The lowest BCUT2D eigenvalue weighted by atomic mass is 10.1. The Morgan fingerprint density at radius 3 is 2.33 bits per heavy atom. The van der Waals surface area contributed by atoms with E-state index in [1.807, 2.05) is 63.2 Å². The molecule has 7 heteroatoms. The van der Waals surface area contributed by atoms with Crippen LogP contribution >= 0.6 is 0 Å². The van der Waals surface area contributed by atoms with Gasteiger partial charge in [0.05, 0.1) is 12.2 Å². The number of carbonyl (C=O) groups is 1. The first-order valence-corrected chi connectivity index (χ1v) is 10.6. The van der Waals surface area contributed by atoms with Crippen molar-refractivity contribution in [2.75, 3.05) is 5.32 Å². The van der Waals surface area contributed by atoms with Gasteiger partial charge < -0.3 is 5.32 Å². The molecule has 0 fully saturated rings. The van der Waals surface area contributed by atoms with Gasteiger partial charge in [0.25, 0.3) is 11.5 Å². The number of hydrogen-bond acceptors (Lipinski definition) is 4. The number of carbonyl (C=O) groups excluding carboxylic acids is 1. The van der Waals surface area contributed by atoms with Crippen LogP contribution in [0.15, 0.2) is 82.4 Å². The molecule has 0 atom stereocenters. The quantitative estimate of drug-likeness (QED) is 0.514. The average Bonchev–Trinajstić information content (AvgIpc) is 2.79. The first kappa shape index (κ1) is 22.0. The molecule has 4 rings (SSSR count). The highest BCUT2D eigenvalue weighted by atomic mass is 16.2. The highest BCUT2D eigenvalue weighted by Crippen LogP contribution is 2.12. The minimum Gasteiger partial charge on any atom is -0.320 e. The molecule has 0 bridgehead atoms. The van der Waals surface area contributed by atoms with Crippen LogP contribution in [0.5, 0.6) is 0 Å². The summed E-state index contributed by atoms with van der Waals surface area (Å²) in [6, 6.07) is 21.8. The summed E-state index contributed by atoms with van der Waals surface area (Å²) in [5.41, 5.74) is 3.11. The molecule has 0 unspecified atom stereocenters. The van der Waals surface area contributed by atoms with Crippen LogP contribution in [0.4, 0.5) is 5.69 Å². The van der Waals surface area contributed by atoms with E-state index in [0.717, 1.165) is 31.5 Å². The second-order valence-corrected chi connectivity index (χ2v) is 8.01. The van der Waals surface area contributed by atoms with Crippen molar-refractivity contribution in [2.45, 2.75) is 27.3 Å². The zero-order chi connectivity index (χ0) is 23.5. The third kappa shape index (κ3) is 4.67. The van der Waals surface area contributed by atoms with E-state index in [-0.39, 0.29) is 12.2 Å². The van der Waals surface area contributed by atoms with E-state index in [1.165, 1.54) is 0 Å². The van der Waals surface area contributed by atoms with Gasteiger partial charge in [-0.15, -0.1) is 0 Å². The van der Waals surface area contributed by atoms with Crippen LogP contribution in [-0.4, -0.2) is 20.3 Å². The monoisotopic (exact) mass is 440 g/mol. The molecule has 1 heterocycles. The summed E-state index contributed by atoms with van der Waals surface area (Å²) in [5, 5.41) is 6.88. The number of rotatable bonds is 5. The Labute approximate surface area is 191 Å². The van der Waals surface area contributed by atoms with E-state index in [2.05, 4.69) is 10.4 Å². The van der Waals surface area contributed by atoms with Crippen molar-refractivity contribution in [2.24, 2.45) is 0 Å². The maximum Gasteiger partial charge on any atom is 0.352 e. The number of aromatic nitrogens is 3. The average molecular weight is 441 g/mol. The minimum atomic E-state index is -0.741.